The fraction of sp³-hybridized carbons (Fsp3) is 0.0476. The number of nitrogens with one attached hydrogen (secondary N) is 1. The van der Waals surface area contributed by atoms with Crippen molar-refractivity contribution in [3.05, 3.63) is 73.1 Å². The molecular weight excluding hydrogens is 352 g/mol. The highest BCUT2D eigenvalue weighted by atomic mass is 16.5. The molecule has 4 aromatic heterocycles. The molecule has 1 aromatic carbocycles. The van der Waals surface area contributed by atoms with Gasteiger partial charge in [0.1, 0.15) is 11.2 Å². The molecule has 0 aliphatic rings. The van der Waals surface area contributed by atoms with Crippen molar-refractivity contribution in [3.8, 4) is 17.4 Å². The standard InChI is InChI=1S/C21H16N6O/c1-28-19-8-2-6-17(24-19)20-25-21(18-7-4-12-27(18)26-20)23-15-9-10-16-14(13-15)5-3-11-22-16/h2-13H,1H3,(H,23,25,26). The second kappa shape index (κ2) is 6.62. The van der Waals surface area contributed by atoms with E-state index in [1.807, 2.05) is 60.8 Å². The summed E-state index contributed by atoms with van der Waals surface area (Å²) in [5.74, 6) is 1.72. The maximum Gasteiger partial charge on any atom is 0.213 e. The number of nitrogens with zero attached hydrogens (tertiary/aromatic N) is 5. The number of benzene rings is 1. The molecule has 7 heteroatoms. The topological polar surface area (TPSA) is 77.2 Å². The SMILES string of the molecule is COc1cccc(-c2nc(Nc3ccc4ncccc4c3)c3cccn3n2)n1. The average molecular weight is 368 g/mol. The van der Waals surface area contributed by atoms with Gasteiger partial charge in [0.15, 0.2) is 5.82 Å². The Hall–Kier alpha value is -4.00. The van der Waals surface area contributed by atoms with Crippen molar-refractivity contribution in [1.82, 2.24) is 24.6 Å². The van der Waals surface area contributed by atoms with Gasteiger partial charge in [-0.1, -0.05) is 12.1 Å². The molecule has 1 N–H and O–H groups in total. The van der Waals surface area contributed by atoms with Crippen LogP contribution in [0.1, 0.15) is 0 Å². The van der Waals surface area contributed by atoms with E-state index in [0.29, 0.717) is 23.2 Å². The molecule has 0 aliphatic carbocycles. The largest absolute Gasteiger partial charge is 0.481 e. The van der Waals surface area contributed by atoms with Gasteiger partial charge in [-0.2, -0.15) is 0 Å². The monoisotopic (exact) mass is 368 g/mol. The van der Waals surface area contributed by atoms with Gasteiger partial charge >= 0.3 is 0 Å². The molecule has 0 fully saturated rings. The summed E-state index contributed by atoms with van der Waals surface area (Å²) in [6, 6.07) is 19.4. The number of hydrogen-bond acceptors (Lipinski definition) is 6. The molecule has 0 spiro atoms. The van der Waals surface area contributed by atoms with Crippen LogP contribution in [0.4, 0.5) is 11.5 Å². The number of ether oxygens (including phenoxy) is 1. The van der Waals surface area contributed by atoms with Crippen molar-refractivity contribution in [1.29, 1.82) is 0 Å². The Bertz CT molecular complexity index is 1300. The fourth-order valence-corrected chi connectivity index (χ4v) is 3.08. The van der Waals surface area contributed by atoms with Crippen LogP contribution < -0.4 is 10.1 Å². The molecule has 0 saturated carbocycles. The van der Waals surface area contributed by atoms with Crippen LogP contribution in [0.2, 0.25) is 0 Å². The van der Waals surface area contributed by atoms with E-state index in [1.54, 1.807) is 23.9 Å². The predicted molar refractivity (Wildman–Crippen MR) is 108 cm³/mol. The Morgan fingerprint density at radius 1 is 0.964 bits per heavy atom. The van der Waals surface area contributed by atoms with Gasteiger partial charge in [0.2, 0.25) is 11.7 Å². The van der Waals surface area contributed by atoms with Crippen LogP contribution in [0.5, 0.6) is 5.88 Å². The third-order valence-corrected chi connectivity index (χ3v) is 4.42. The molecular formula is C21H16N6O. The molecule has 7 nitrogen and oxygen atoms in total. The van der Waals surface area contributed by atoms with Crippen molar-refractivity contribution in [2.24, 2.45) is 0 Å². The van der Waals surface area contributed by atoms with E-state index in [1.165, 1.54) is 0 Å². The van der Waals surface area contributed by atoms with E-state index in [0.717, 1.165) is 22.1 Å². The lowest BCUT2D eigenvalue weighted by atomic mass is 10.2. The molecule has 0 atom stereocenters. The van der Waals surface area contributed by atoms with Gasteiger partial charge < -0.3 is 10.1 Å². The number of pyridine rings is 2. The molecule has 136 valence electrons. The first kappa shape index (κ1) is 16.2. The Kier molecular flexibility index (Phi) is 3.83. The lowest BCUT2D eigenvalue weighted by Crippen LogP contribution is -2.04. The minimum absolute atomic E-state index is 0.507. The van der Waals surface area contributed by atoms with E-state index in [2.05, 4.69) is 20.4 Å². The Morgan fingerprint density at radius 2 is 1.93 bits per heavy atom. The Balaban J connectivity index is 1.60. The van der Waals surface area contributed by atoms with Gasteiger partial charge in [0, 0.05) is 29.5 Å². The zero-order valence-electron chi connectivity index (χ0n) is 15.1. The number of rotatable bonds is 4. The first-order valence-electron chi connectivity index (χ1n) is 8.79. The fourth-order valence-electron chi connectivity index (χ4n) is 3.08. The summed E-state index contributed by atoms with van der Waals surface area (Å²) in [5.41, 5.74) is 3.38. The minimum Gasteiger partial charge on any atom is -0.481 e. The van der Waals surface area contributed by atoms with E-state index < -0.39 is 0 Å². The summed E-state index contributed by atoms with van der Waals surface area (Å²) in [6.45, 7) is 0. The summed E-state index contributed by atoms with van der Waals surface area (Å²) in [4.78, 5) is 13.5. The van der Waals surface area contributed by atoms with Gasteiger partial charge in [0.25, 0.3) is 0 Å². The summed E-state index contributed by atoms with van der Waals surface area (Å²) < 4.78 is 7.01. The van der Waals surface area contributed by atoms with Crippen LogP contribution in [-0.4, -0.2) is 31.7 Å². The molecule has 0 saturated heterocycles. The van der Waals surface area contributed by atoms with Crippen molar-refractivity contribution >= 4 is 27.9 Å². The molecule has 4 heterocycles. The van der Waals surface area contributed by atoms with E-state index in [9.17, 15) is 0 Å². The minimum atomic E-state index is 0.507. The summed E-state index contributed by atoms with van der Waals surface area (Å²) >= 11 is 0. The smallest absolute Gasteiger partial charge is 0.213 e. The zero-order chi connectivity index (χ0) is 18.9. The van der Waals surface area contributed by atoms with Crippen molar-refractivity contribution in [3.63, 3.8) is 0 Å². The molecule has 5 aromatic rings. The van der Waals surface area contributed by atoms with Crippen LogP contribution in [0, 0.1) is 0 Å². The van der Waals surface area contributed by atoms with Crippen LogP contribution >= 0.6 is 0 Å². The van der Waals surface area contributed by atoms with Gasteiger partial charge in [0.05, 0.1) is 12.6 Å². The number of fused-ring (bicyclic) bond motifs is 2. The van der Waals surface area contributed by atoms with Crippen LogP contribution in [0.3, 0.4) is 0 Å². The second-order valence-electron chi connectivity index (χ2n) is 6.22. The molecule has 0 amide bonds. The maximum absolute atomic E-state index is 5.22. The molecule has 0 bridgehead atoms. The third-order valence-electron chi connectivity index (χ3n) is 4.42. The summed E-state index contributed by atoms with van der Waals surface area (Å²) in [6.07, 6.45) is 3.67. The average Bonchev–Trinajstić information content (AvgIpc) is 3.23. The van der Waals surface area contributed by atoms with E-state index in [4.69, 9.17) is 9.72 Å². The highest BCUT2D eigenvalue weighted by Gasteiger charge is 2.12. The van der Waals surface area contributed by atoms with Crippen LogP contribution in [-0.2, 0) is 0 Å². The summed E-state index contributed by atoms with van der Waals surface area (Å²) in [5, 5.41) is 9.03. The van der Waals surface area contributed by atoms with Gasteiger partial charge in [-0.25, -0.2) is 14.5 Å². The number of methoxy groups -OCH3 is 1. The predicted octanol–water partition coefficient (Wildman–Crippen LogP) is 4.09. The van der Waals surface area contributed by atoms with Crippen molar-refractivity contribution in [2.75, 3.05) is 12.4 Å². The van der Waals surface area contributed by atoms with Gasteiger partial charge in [-0.15, -0.1) is 5.10 Å². The molecule has 28 heavy (non-hydrogen) atoms. The second-order valence-corrected chi connectivity index (χ2v) is 6.22. The van der Waals surface area contributed by atoms with E-state index >= 15 is 0 Å². The van der Waals surface area contributed by atoms with Crippen molar-refractivity contribution in [2.45, 2.75) is 0 Å². The molecule has 0 unspecified atom stereocenters. The third kappa shape index (κ3) is 2.88. The van der Waals surface area contributed by atoms with Gasteiger partial charge in [-0.3, -0.25) is 4.98 Å². The molecule has 5 rings (SSSR count). The summed E-state index contributed by atoms with van der Waals surface area (Å²) in [7, 11) is 1.59. The first-order chi connectivity index (χ1) is 13.8. The molecule has 0 radical (unpaired) electrons. The highest BCUT2D eigenvalue weighted by molar-refractivity contribution is 5.84. The van der Waals surface area contributed by atoms with Gasteiger partial charge in [-0.05, 0) is 42.5 Å². The Morgan fingerprint density at radius 3 is 2.86 bits per heavy atom. The lowest BCUT2D eigenvalue weighted by Gasteiger charge is -2.10. The van der Waals surface area contributed by atoms with Crippen molar-refractivity contribution < 1.29 is 4.74 Å². The lowest BCUT2D eigenvalue weighted by molar-refractivity contribution is 0.398. The van der Waals surface area contributed by atoms with Crippen LogP contribution in [0.15, 0.2) is 73.1 Å². The maximum atomic E-state index is 5.22. The van der Waals surface area contributed by atoms with Crippen LogP contribution in [0.25, 0.3) is 27.9 Å². The number of hydrogen-bond donors (Lipinski definition) is 1. The Labute approximate surface area is 160 Å². The quantitative estimate of drug-likeness (QED) is 0.515. The number of anilines is 2. The normalized spacial score (nSPS) is 11.0. The van der Waals surface area contributed by atoms with E-state index in [-0.39, 0.29) is 0 Å². The first-order valence-corrected chi connectivity index (χ1v) is 8.79. The number of aromatic nitrogens is 5. The molecule has 0 aliphatic heterocycles. The zero-order valence-corrected chi connectivity index (χ0v) is 15.1. The highest BCUT2D eigenvalue weighted by Crippen LogP contribution is 2.25.